The predicted octanol–water partition coefficient (Wildman–Crippen LogP) is -0.267. The lowest BCUT2D eigenvalue weighted by Gasteiger charge is -2.31. The zero-order valence-electron chi connectivity index (χ0n) is 8.91. The molecule has 13 heavy (non-hydrogen) atoms. The van der Waals surface area contributed by atoms with Crippen molar-refractivity contribution >= 4 is 0 Å². The third-order valence-electron chi connectivity index (χ3n) is 1.98. The second-order valence-corrected chi connectivity index (χ2v) is 3.55. The van der Waals surface area contributed by atoms with E-state index in [9.17, 15) is 0 Å². The first-order valence-corrected chi connectivity index (χ1v) is 4.91. The molecule has 5 nitrogen and oxygen atoms in total. The average molecular weight is 189 g/mol. The molecule has 0 rings (SSSR count). The second kappa shape index (κ2) is 6.28. The van der Waals surface area contributed by atoms with Crippen LogP contribution in [0.5, 0.6) is 0 Å². The quantitative estimate of drug-likeness (QED) is 0.253. The van der Waals surface area contributed by atoms with E-state index in [1.54, 1.807) is 0 Å². The minimum absolute atomic E-state index is 0.320. The van der Waals surface area contributed by atoms with Crippen LogP contribution < -0.4 is 21.8 Å². The molecule has 0 saturated carbocycles. The Kier molecular flexibility index (Phi) is 6.19. The van der Waals surface area contributed by atoms with Crippen LogP contribution in [-0.2, 0) is 0 Å². The Hall–Kier alpha value is -0.200. The zero-order valence-corrected chi connectivity index (χ0v) is 8.91. The van der Waals surface area contributed by atoms with Crippen LogP contribution in [0, 0.1) is 0 Å². The van der Waals surface area contributed by atoms with E-state index in [2.05, 4.69) is 17.8 Å². The summed E-state index contributed by atoms with van der Waals surface area (Å²) < 4.78 is 0. The second-order valence-electron chi connectivity index (χ2n) is 3.55. The van der Waals surface area contributed by atoms with Crippen molar-refractivity contribution in [2.45, 2.75) is 45.7 Å². The van der Waals surface area contributed by atoms with Gasteiger partial charge in [0.2, 0.25) is 0 Å². The third-order valence-corrected chi connectivity index (χ3v) is 1.98. The van der Waals surface area contributed by atoms with Crippen LogP contribution in [0.3, 0.4) is 0 Å². The minimum Gasteiger partial charge on any atom is -0.427 e. The molecule has 0 aromatic carbocycles. The predicted molar refractivity (Wildman–Crippen MR) is 54.2 cm³/mol. The lowest BCUT2D eigenvalue weighted by Crippen LogP contribution is -3.21. The molecule has 0 bridgehead atoms. The van der Waals surface area contributed by atoms with Crippen LogP contribution in [0.25, 0.3) is 5.84 Å². The van der Waals surface area contributed by atoms with E-state index in [0.717, 1.165) is 25.8 Å². The van der Waals surface area contributed by atoms with Crippen molar-refractivity contribution in [3.05, 3.63) is 5.84 Å². The van der Waals surface area contributed by atoms with Crippen LogP contribution in [0.1, 0.15) is 40.0 Å². The molecular formula is C8H23N5. The maximum absolute atomic E-state index is 7.52. The first-order chi connectivity index (χ1) is 6.02. The molecule has 0 fully saturated rings. The van der Waals surface area contributed by atoms with Crippen LogP contribution in [-0.4, -0.2) is 12.2 Å². The summed E-state index contributed by atoms with van der Waals surface area (Å²) in [6.45, 7) is 6.83. The van der Waals surface area contributed by atoms with E-state index in [1.165, 1.54) is 0 Å². The summed E-state index contributed by atoms with van der Waals surface area (Å²) in [6.07, 6.45) is 3.01. The summed E-state index contributed by atoms with van der Waals surface area (Å²) in [4.78, 5) is 0. The fraction of sp³-hybridized carbons (Fsp3) is 1.00. The summed E-state index contributed by atoms with van der Waals surface area (Å²) in [5, 5.41) is 0.320. The standard InChI is InChI=1S/C8H23N5/c1-4-6-7-11-13(10)12-8(3,9)5-2/h10-13H,4-7,9H2,1-3H3. The summed E-state index contributed by atoms with van der Waals surface area (Å²) in [5.74, 6) is 7.52. The molecule has 0 saturated heterocycles. The minimum atomic E-state index is -0.476. The van der Waals surface area contributed by atoms with Gasteiger partial charge in [0.25, 0.3) is 0 Å². The van der Waals surface area contributed by atoms with E-state index in [0.29, 0.717) is 5.23 Å². The van der Waals surface area contributed by atoms with E-state index in [-0.39, 0.29) is 0 Å². The highest BCUT2D eigenvalue weighted by atomic mass is 15.9. The fourth-order valence-corrected chi connectivity index (χ4v) is 0.808. The topological polar surface area (TPSA) is 78.3 Å². The van der Waals surface area contributed by atoms with Gasteiger partial charge < -0.3 is 11.6 Å². The third kappa shape index (κ3) is 6.92. The SMILES string of the molecule is CCCCN[NH+]([NH-])NC(C)(N)CC. The average Bonchev–Trinajstić information content (AvgIpc) is 2.04. The van der Waals surface area contributed by atoms with Crippen molar-refractivity contribution in [3.8, 4) is 0 Å². The monoisotopic (exact) mass is 189 g/mol. The van der Waals surface area contributed by atoms with Gasteiger partial charge in [-0.1, -0.05) is 20.3 Å². The number of quaternary nitrogens is 1. The number of rotatable bonds is 7. The van der Waals surface area contributed by atoms with Crippen molar-refractivity contribution in [2.75, 3.05) is 6.54 Å². The Morgan fingerprint density at radius 1 is 1.46 bits per heavy atom. The molecule has 0 aliphatic carbocycles. The van der Waals surface area contributed by atoms with Crippen molar-refractivity contribution in [1.82, 2.24) is 10.9 Å². The Morgan fingerprint density at radius 2 is 2.08 bits per heavy atom. The van der Waals surface area contributed by atoms with Gasteiger partial charge in [-0.15, -0.1) is 5.43 Å². The summed E-state index contributed by atoms with van der Waals surface area (Å²) in [7, 11) is 0. The highest BCUT2D eigenvalue weighted by Gasteiger charge is 2.17. The molecule has 2 unspecified atom stereocenters. The van der Waals surface area contributed by atoms with Crippen molar-refractivity contribution in [1.29, 1.82) is 0 Å². The van der Waals surface area contributed by atoms with Crippen LogP contribution in [0.2, 0.25) is 0 Å². The van der Waals surface area contributed by atoms with E-state index in [4.69, 9.17) is 11.6 Å². The lowest BCUT2D eigenvalue weighted by molar-refractivity contribution is -0.948. The molecule has 6 N–H and O–H groups in total. The summed E-state index contributed by atoms with van der Waals surface area (Å²) in [6, 6.07) is 0. The number of nitrogens with one attached hydrogen (secondary N) is 4. The van der Waals surface area contributed by atoms with Gasteiger partial charge >= 0.3 is 0 Å². The Morgan fingerprint density at radius 3 is 2.54 bits per heavy atom. The molecule has 2 atom stereocenters. The molecule has 5 heteroatoms. The molecule has 0 aromatic rings. The van der Waals surface area contributed by atoms with E-state index in [1.807, 2.05) is 13.8 Å². The van der Waals surface area contributed by atoms with Gasteiger partial charge in [-0.25, -0.2) is 5.23 Å². The maximum Gasteiger partial charge on any atom is 0.111 e. The molecule has 0 amide bonds. The number of unbranched alkanes of at least 4 members (excludes halogenated alkanes) is 1. The Bertz CT molecular complexity index is 126. The van der Waals surface area contributed by atoms with Gasteiger partial charge in [-0.2, -0.15) is 5.43 Å². The van der Waals surface area contributed by atoms with E-state index >= 15 is 0 Å². The number of hydrogen-bond donors (Lipinski definition) is 4. The zero-order chi connectivity index (χ0) is 10.3. The van der Waals surface area contributed by atoms with Crippen LogP contribution in [0.15, 0.2) is 0 Å². The van der Waals surface area contributed by atoms with Crippen molar-refractivity contribution < 1.29 is 5.23 Å². The highest BCUT2D eigenvalue weighted by molar-refractivity contribution is 4.66. The first-order valence-electron chi connectivity index (χ1n) is 4.91. The van der Waals surface area contributed by atoms with Crippen LogP contribution in [0.4, 0.5) is 0 Å². The lowest BCUT2D eigenvalue weighted by atomic mass is 10.2. The molecule has 0 aliphatic heterocycles. The van der Waals surface area contributed by atoms with Gasteiger partial charge in [0, 0.05) is 6.54 Å². The van der Waals surface area contributed by atoms with Crippen LogP contribution >= 0.6 is 0 Å². The fourth-order valence-electron chi connectivity index (χ4n) is 0.808. The molecule has 0 radical (unpaired) electrons. The molecule has 0 heterocycles. The van der Waals surface area contributed by atoms with Gasteiger partial charge in [0.15, 0.2) is 0 Å². The van der Waals surface area contributed by atoms with Crippen molar-refractivity contribution in [2.24, 2.45) is 5.73 Å². The smallest absolute Gasteiger partial charge is 0.111 e. The number of nitrogens with two attached hydrogens (primary N) is 1. The Labute approximate surface area is 80.7 Å². The first kappa shape index (κ1) is 12.8. The highest BCUT2D eigenvalue weighted by Crippen LogP contribution is 1.94. The Balaban J connectivity index is 3.55. The number of hydrogen-bond acceptors (Lipinski definition) is 3. The molecular weight excluding hydrogens is 166 g/mol. The molecule has 0 aromatic heterocycles. The largest absolute Gasteiger partial charge is 0.427 e. The van der Waals surface area contributed by atoms with Gasteiger partial charge in [-0.05, 0) is 19.8 Å². The van der Waals surface area contributed by atoms with Gasteiger partial charge in [0.1, 0.15) is 5.66 Å². The van der Waals surface area contributed by atoms with Gasteiger partial charge in [-0.3, -0.25) is 0 Å². The van der Waals surface area contributed by atoms with E-state index < -0.39 is 5.66 Å². The normalized spacial score (nSPS) is 18.2. The molecule has 0 aliphatic rings. The van der Waals surface area contributed by atoms with Crippen molar-refractivity contribution in [3.63, 3.8) is 0 Å². The maximum atomic E-state index is 7.52. The van der Waals surface area contributed by atoms with Gasteiger partial charge in [0.05, 0.1) is 0 Å². The summed E-state index contributed by atoms with van der Waals surface area (Å²) >= 11 is 0. The molecule has 80 valence electrons. The molecule has 0 spiro atoms. The summed E-state index contributed by atoms with van der Waals surface area (Å²) in [5.41, 5.74) is 11.2.